The predicted molar refractivity (Wildman–Crippen MR) is 68.5 cm³/mol. The summed E-state index contributed by atoms with van der Waals surface area (Å²) in [5.41, 5.74) is -0.202. The van der Waals surface area contributed by atoms with Gasteiger partial charge in [-0.2, -0.15) is 0 Å². The number of aromatic nitrogens is 1. The van der Waals surface area contributed by atoms with Gasteiger partial charge in [0.05, 0.1) is 19.3 Å². The van der Waals surface area contributed by atoms with Crippen molar-refractivity contribution in [3.8, 4) is 5.75 Å². The summed E-state index contributed by atoms with van der Waals surface area (Å²) in [5, 5.41) is 2.92. The summed E-state index contributed by atoms with van der Waals surface area (Å²) in [4.78, 5) is 17.5. The SMILES string of the molecule is CC(C)(C)NC(=O)N1CC(Oc2cccnc2)C1. The maximum atomic E-state index is 11.8. The van der Waals surface area contributed by atoms with E-state index in [1.54, 1.807) is 17.3 Å². The van der Waals surface area contributed by atoms with Crippen molar-refractivity contribution in [3.63, 3.8) is 0 Å². The van der Waals surface area contributed by atoms with E-state index in [4.69, 9.17) is 4.74 Å². The molecule has 0 unspecified atom stereocenters. The maximum absolute atomic E-state index is 11.8. The summed E-state index contributed by atoms with van der Waals surface area (Å²) in [5.74, 6) is 0.748. The molecule has 1 aromatic rings. The molecule has 1 aromatic heterocycles. The lowest BCUT2D eigenvalue weighted by atomic mass is 10.1. The van der Waals surface area contributed by atoms with E-state index in [1.165, 1.54) is 0 Å². The van der Waals surface area contributed by atoms with E-state index in [0.29, 0.717) is 13.1 Å². The molecule has 2 heterocycles. The molecule has 1 fully saturated rings. The number of hydrogen-bond acceptors (Lipinski definition) is 3. The van der Waals surface area contributed by atoms with Crippen LogP contribution in [-0.4, -0.2) is 40.6 Å². The van der Waals surface area contributed by atoms with Gasteiger partial charge in [-0.3, -0.25) is 4.98 Å². The lowest BCUT2D eigenvalue weighted by Crippen LogP contribution is -2.61. The normalized spacial score (nSPS) is 16.1. The highest BCUT2D eigenvalue weighted by atomic mass is 16.5. The largest absolute Gasteiger partial charge is 0.485 e. The van der Waals surface area contributed by atoms with Crippen LogP contribution in [0.3, 0.4) is 0 Å². The van der Waals surface area contributed by atoms with Crippen LogP contribution in [-0.2, 0) is 0 Å². The van der Waals surface area contributed by atoms with Gasteiger partial charge in [0.2, 0.25) is 0 Å². The van der Waals surface area contributed by atoms with E-state index in [9.17, 15) is 4.79 Å². The average Bonchev–Trinajstić information content (AvgIpc) is 2.21. The van der Waals surface area contributed by atoms with Crippen LogP contribution in [0.1, 0.15) is 20.8 Å². The molecule has 5 heteroatoms. The molecule has 1 aliphatic rings. The smallest absolute Gasteiger partial charge is 0.318 e. The first kappa shape index (κ1) is 12.7. The second kappa shape index (κ2) is 4.84. The molecule has 0 atom stereocenters. The van der Waals surface area contributed by atoms with Crippen molar-refractivity contribution in [1.29, 1.82) is 0 Å². The second-order valence-electron chi connectivity index (χ2n) is 5.51. The van der Waals surface area contributed by atoms with Crippen LogP contribution < -0.4 is 10.1 Å². The summed E-state index contributed by atoms with van der Waals surface area (Å²) in [7, 11) is 0. The van der Waals surface area contributed by atoms with Crippen molar-refractivity contribution in [3.05, 3.63) is 24.5 Å². The lowest BCUT2D eigenvalue weighted by Gasteiger charge is -2.40. The van der Waals surface area contributed by atoms with E-state index in [2.05, 4.69) is 10.3 Å². The molecule has 0 aliphatic carbocycles. The number of hydrogen-bond donors (Lipinski definition) is 1. The van der Waals surface area contributed by atoms with Gasteiger partial charge in [-0.05, 0) is 32.9 Å². The molecular weight excluding hydrogens is 230 g/mol. The Morgan fingerprint density at radius 3 is 2.78 bits per heavy atom. The molecular formula is C13H19N3O2. The number of nitrogens with one attached hydrogen (secondary N) is 1. The Hall–Kier alpha value is -1.78. The minimum Gasteiger partial charge on any atom is -0.485 e. The topological polar surface area (TPSA) is 54.5 Å². The fourth-order valence-electron chi connectivity index (χ4n) is 1.69. The number of urea groups is 1. The number of rotatable bonds is 2. The third kappa shape index (κ3) is 3.35. The zero-order valence-corrected chi connectivity index (χ0v) is 11.0. The monoisotopic (exact) mass is 249 g/mol. The quantitative estimate of drug-likeness (QED) is 0.867. The van der Waals surface area contributed by atoms with Crippen molar-refractivity contribution >= 4 is 6.03 Å². The van der Waals surface area contributed by atoms with E-state index in [1.807, 2.05) is 32.9 Å². The van der Waals surface area contributed by atoms with Crippen LogP contribution in [0.15, 0.2) is 24.5 Å². The Morgan fingerprint density at radius 1 is 1.50 bits per heavy atom. The molecule has 1 saturated heterocycles. The summed E-state index contributed by atoms with van der Waals surface area (Å²) in [6.07, 6.45) is 3.45. The highest BCUT2D eigenvalue weighted by molar-refractivity contribution is 5.75. The van der Waals surface area contributed by atoms with E-state index >= 15 is 0 Å². The minimum atomic E-state index is -0.202. The lowest BCUT2D eigenvalue weighted by molar-refractivity contribution is 0.0421. The van der Waals surface area contributed by atoms with Gasteiger partial charge in [0.25, 0.3) is 0 Å². The highest BCUT2D eigenvalue weighted by Gasteiger charge is 2.33. The molecule has 2 rings (SSSR count). The van der Waals surface area contributed by atoms with Crippen molar-refractivity contribution in [2.45, 2.75) is 32.4 Å². The molecule has 0 radical (unpaired) electrons. The Bertz CT molecular complexity index is 408. The fourth-order valence-corrected chi connectivity index (χ4v) is 1.69. The van der Waals surface area contributed by atoms with Gasteiger partial charge in [0.1, 0.15) is 11.9 Å². The van der Waals surface area contributed by atoms with E-state index in [-0.39, 0.29) is 17.7 Å². The summed E-state index contributed by atoms with van der Waals surface area (Å²) >= 11 is 0. The number of amides is 2. The first-order chi connectivity index (χ1) is 8.44. The van der Waals surface area contributed by atoms with Crippen LogP contribution in [0.4, 0.5) is 4.79 Å². The first-order valence-corrected chi connectivity index (χ1v) is 6.08. The van der Waals surface area contributed by atoms with E-state index < -0.39 is 0 Å². The first-order valence-electron chi connectivity index (χ1n) is 6.08. The molecule has 98 valence electrons. The molecule has 5 nitrogen and oxygen atoms in total. The zero-order valence-electron chi connectivity index (χ0n) is 11.0. The standard InChI is InChI=1S/C13H19N3O2/c1-13(2,3)15-12(17)16-8-11(9-16)18-10-5-4-6-14-7-10/h4-7,11H,8-9H2,1-3H3,(H,15,17). The molecule has 0 saturated carbocycles. The van der Waals surface area contributed by atoms with Crippen LogP contribution in [0.5, 0.6) is 5.75 Å². The third-order valence-electron chi connectivity index (χ3n) is 2.55. The summed E-state index contributed by atoms with van der Waals surface area (Å²) in [6, 6.07) is 3.66. The van der Waals surface area contributed by atoms with Crippen LogP contribution in [0.25, 0.3) is 0 Å². The number of nitrogens with zero attached hydrogens (tertiary/aromatic N) is 2. The van der Waals surface area contributed by atoms with Crippen LogP contribution in [0.2, 0.25) is 0 Å². The van der Waals surface area contributed by atoms with Crippen molar-refractivity contribution in [2.75, 3.05) is 13.1 Å². The molecule has 0 spiro atoms. The van der Waals surface area contributed by atoms with Crippen molar-refractivity contribution in [2.24, 2.45) is 0 Å². The van der Waals surface area contributed by atoms with Crippen LogP contribution >= 0.6 is 0 Å². The molecule has 0 aromatic carbocycles. The number of pyridine rings is 1. The van der Waals surface area contributed by atoms with Gasteiger partial charge >= 0.3 is 6.03 Å². The molecule has 1 aliphatic heterocycles. The van der Waals surface area contributed by atoms with Gasteiger partial charge in [-0.1, -0.05) is 0 Å². The fraction of sp³-hybridized carbons (Fsp3) is 0.538. The van der Waals surface area contributed by atoms with Gasteiger partial charge in [0, 0.05) is 11.7 Å². The molecule has 0 bridgehead atoms. The predicted octanol–water partition coefficient (Wildman–Crippen LogP) is 1.65. The summed E-state index contributed by atoms with van der Waals surface area (Å²) < 4.78 is 5.68. The Kier molecular flexibility index (Phi) is 3.41. The van der Waals surface area contributed by atoms with E-state index in [0.717, 1.165) is 5.75 Å². The Morgan fingerprint density at radius 2 is 2.22 bits per heavy atom. The Balaban J connectivity index is 1.76. The zero-order chi connectivity index (χ0) is 13.2. The number of ether oxygens (including phenoxy) is 1. The molecule has 2 amide bonds. The number of likely N-dealkylation sites (tertiary alicyclic amines) is 1. The Labute approximate surface area is 107 Å². The van der Waals surface area contributed by atoms with Crippen molar-refractivity contribution < 1.29 is 9.53 Å². The van der Waals surface area contributed by atoms with Gasteiger partial charge in [-0.15, -0.1) is 0 Å². The summed E-state index contributed by atoms with van der Waals surface area (Å²) in [6.45, 7) is 7.14. The van der Waals surface area contributed by atoms with Crippen LogP contribution in [0, 0.1) is 0 Å². The van der Waals surface area contributed by atoms with Gasteiger partial charge < -0.3 is 15.0 Å². The number of carbonyl (C=O) groups excluding carboxylic acids is 1. The molecule has 1 N–H and O–H groups in total. The third-order valence-corrected chi connectivity index (χ3v) is 2.55. The highest BCUT2D eigenvalue weighted by Crippen LogP contribution is 2.17. The minimum absolute atomic E-state index is 0.0338. The second-order valence-corrected chi connectivity index (χ2v) is 5.51. The molecule has 18 heavy (non-hydrogen) atoms. The number of carbonyl (C=O) groups is 1. The average molecular weight is 249 g/mol. The van der Waals surface area contributed by atoms with Gasteiger partial charge in [0.15, 0.2) is 0 Å². The van der Waals surface area contributed by atoms with Crippen molar-refractivity contribution in [1.82, 2.24) is 15.2 Å². The van der Waals surface area contributed by atoms with Gasteiger partial charge in [-0.25, -0.2) is 4.79 Å². The maximum Gasteiger partial charge on any atom is 0.318 e.